The van der Waals surface area contributed by atoms with Crippen LogP contribution in [0.25, 0.3) is 10.9 Å². The Kier molecular flexibility index (Phi) is 7.75. The minimum atomic E-state index is -0.487. The van der Waals surface area contributed by atoms with Crippen LogP contribution in [-0.2, 0) is 17.8 Å². The summed E-state index contributed by atoms with van der Waals surface area (Å²) in [5.74, 6) is -1.06. The lowest BCUT2D eigenvalue weighted by atomic mass is 9.81. The van der Waals surface area contributed by atoms with Crippen molar-refractivity contribution in [2.24, 2.45) is 5.92 Å². The van der Waals surface area contributed by atoms with Gasteiger partial charge >= 0.3 is 0 Å². The van der Waals surface area contributed by atoms with Crippen molar-refractivity contribution in [3.05, 3.63) is 60.8 Å². The fourth-order valence-electron chi connectivity index (χ4n) is 5.33. The molecule has 3 N–H and O–H groups in total. The lowest BCUT2D eigenvalue weighted by molar-refractivity contribution is -0.134. The maximum absolute atomic E-state index is 13.3. The molecule has 1 saturated carbocycles. The van der Waals surface area contributed by atoms with Gasteiger partial charge in [0, 0.05) is 72.4 Å². The Morgan fingerprint density at radius 3 is 2.67 bits per heavy atom. The van der Waals surface area contributed by atoms with E-state index in [9.17, 15) is 19.2 Å². The van der Waals surface area contributed by atoms with Gasteiger partial charge in [0.2, 0.25) is 5.91 Å². The molecule has 1 aromatic carbocycles. The van der Waals surface area contributed by atoms with Crippen molar-refractivity contribution >= 4 is 51.6 Å². The molecular weight excluding hydrogens is 540 g/mol. The van der Waals surface area contributed by atoms with Gasteiger partial charge in [-0.2, -0.15) is 0 Å². The number of pyridine rings is 1. The Labute approximate surface area is 234 Å². The molecule has 12 heteroatoms. The number of rotatable bonds is 5. The van der Waals surface area contributed by atoms with Gasteiger partial charge in [0.05, 0.1) is 11.7 Å². The lowest BCUT2D eigenvalue weighted by Crippen LogP contribution is -2.56. The summed E-state index contributed by atoms with van der Waals surface area (Å²) >= 11 is 7.40. The minimum absolute atomic E-state index is 0.00991. The standard InChI is InChI=1S/C27H31ClN6O4S/c1-33(2)27(38)14-4-6-18(30-24(36)21-12-22(35)16-11-15(28)5-7-17(16)29-21)20(10-14)31-25(37)26-32-19-8-9-34(3)13-23(19)39-26/h5,7,11-12,14,18,20H,4,6,8-10,13H2,1-3H3,(H,29,35)(H,30,36)(H,31,37)/t14-,18-,20+/m0/s1. The lowest BCUT2D eigenvalue weighted by Gasteiger charge is -2.37. The van der Waals surface area contributed by atoms with Crippen LogP contribution >= 0.6 is 22.9 Å². The highest BCUT2D eigenvalue weighted by molar-refractivity contribution is 7.13. The number of hydrogen-bond acceptors (Lipinski definition) is 7. The van der Waals surface area contributed by atoms with E-state index in [-0.39, 0.29) is 28.9 Å². The maximum Gasteiger partial charge on any atom is 0.280 e. The molecule has 0 saturated heterocycles. The summed E-state index contributed by atoms with van der Waals surface area (Å²) < 4.78 is 0. The number of carbonyl (C=O) groups excluding carboxylic acids is 3. The van der Waals surface area contributed by atoms with Crippen molar-refractivity contribution in [2.75, 3.05) is 27.7 Å². The van der Waals surface area contributed by atoms with Gasteiger partial charge in [-0.05, 0) is 44.5 Å². The molecule has 0 unspecified atom stereocenters. The molecule has 3 amide bonds. The number of likely N-dealkylation sites (N-methyl/N-ethyl adjacent to an activating group) is 1. The quantitative estimate of drug-likeness (QED) is 0.432. The van der Waals surface area contributed by atoms with Crippen LogP contribution in [0.5, 0.6) is 0 Å². The van der Waals surface area contributed by atoms with E-state index in [1.165, 1.54) is 17.4 Å². The highest BCUT2D eigenvalue weighted by Crippen LogP contribution is 2.28. The monoisotopic (exact) mass is 570 g/mol. The zero-order valence-electron chi connectivity index (χ0n) is 22.0. The number of nitrogens with one attached hydrogen (secondary N) is 3. The van der Waals surface area contributed by atoms with E-state index < -0.39 is 18.0 Å². The first-order valence-electron chi connectivity index (χ1n) is 12.9. The summed E-state index contributed by atoms with van der Waals surface area (Å²) in [5.41, 5.74) is 1.25. The smallest absolute Gasteiger partial charge is 0.280 e. The normalized spacial score (nSPS) is 21.3. The van der Waals surface area contributed by atoms with Gasteiger partial charge in [0.25, 0.3) is 11.8 Å². The third-order valence-electron chi connectivity index (χ3n) is 7.43. The first-order chi connectivity index (χ1) is 18.6. The summed E-state index contributed by atoms with van der Waals surface area (Å²) in [6, 6.07) is 5.18. The van der Waals surface area contributed by atoms with E-state index in [1.54, 1.807) is 37.2 Å². The molecule has 10 nitrogen and oxygen atoms in total. The Morgan fingerprint density at radius 1 is 1.13 bits per heavy atom. The van der Waals surface area contributed by atoms with Crippen LogP contribution in [0.2, 0.25) is 5.02 Å². The molecule has 0 radical (unpaired) electrons. The fourth-order valence-corrected chi connectivity index (χ4v) is 6.59. The van der Waals surface area contributed by atoms with Crippen LogP contribution in [0.15, 0.2) is 29.1 Å². The van der Waals surface area contributed by atoms with Crippen molar-refractivity contribution in [1.82, 2.24) is 30.4 Å². The van der Waals surface area contributed by atoms with Gasteiger partial charge in [0.15, 0.2) is 10.4 Å². The van der Waals surface area contributed by atoms with Gasteiger partial charge in [-0.1, -0.05) is 11.6 Å². The summed E-state index contributed by atoms with van der Waals surface area (Å²) in [6.45, 7) is 1.66. The number of aromatic nitrogens is 2. The molecular formula is C27H31ClN6O4S. The molecule has 39 heavy (non-hydrogen) atoms. The van der Waals surface area contributed by atoms with E-state index >= 15 is 0 Å². The first-order valence-corrected chi connectivity index (χ1v) is 14.1. The largest absolute Gasteiger partial charge is 0.350 e. The van der Waals surface area contributed by atoms with Crippen LogP contribution in [0.3, 0.4) is 0 Å². The predicted molar refractivity (Wildman–Crippen MR) is 150 cm³/mol. The highest BCUT2D eigenvalue weighted by Gasteiger charge is 2.37. The molecule has 3 aromatic rings. The Hall–Kier alpha value is -3.28. The molecule has 3 heterocycles. The summed E-state index contributed by atoms with van der Waals surface area (Å²) in [4.78, 5) is 64.4. The second-order valence-corrected chi connectivity index (χ2v) is 12.0. The Balaban J connectivity index is 1.36. The number of halogens is 1. The molecule has 1 aliphatic carbocycles. The number of H-pyrrole nitrogens is 1. The Bertz CT molecular complexity index is 1500. The van der Waals surface area contributed by atoms with Gasteiger partial charge in [-0.15, -0.1) is 11.3 Å². The van der Waals surface area contributed by atoms with Crippen molar-refractivity contribution < 1.29 is 14.4 Å². The molecule has 3 atom stereocenters. The van der Waals surface area contributed by atoms with Crippen molar-refractivity contribution in [2.45, 2.75) is 44.3 Å². The SMILES string of the molecule is CN1CCc2nc(C(=O)N[C@@H]3C[C@@H](C(=O)N(C)C)CC[C@@H]3NC(=O)c3cc(=O)c4cc(Cl)ccc4[nH]3)sc2C1. The van der Waals surface area contributed by atoms with Crippen LogP contribution in [-0.4, -0.2) is 77.3 Å². The highest BCUT2D eigenvalue weighted by atomic mass is 35.5. The fraction of sp³-hybridized carbons (Fsp3) is 0.444. The topological polar surface area (TPSA) is 128 Å². The number of benzene rings is 1. The van der Waals surface area contributed by atoms with Crippen LogP contribution in [0.4, 0.5) is 0 Å². The van der Waals surface area contributed by atoms with Gasteiger partial charge in [-0.3, -0.25) is 19.2 Å². The zero-order chi connectivity index (χ0) is 27.8. The molecule has 2 aliphatic rings. The second-order valence-electron chi connectivity index (χ2n) is 10.5. The van der Waals surface area contributed by atoms with Gasteiger partial charge < -0.3 is 25.4 Å². The molecule has 1 aliphatic heterocycles. The molecule has 0 spiro atoms. The van der Waals surface area contributed by atoms with E-state index in [1.807, 2.05) is 7.05 Å². The number of hydrogen-bond donors (Lipinski definition) is 3. The zero-order valence-corrected chi connectivity index (χ0v) is 23.6. The third kappa shape index (κ3) is 5.85. The van der Waals surface area contributed by atoms with E-state index in [0.29, 0.717) is 40.2 Å². The number of carbonyl (C=O) groups is 3. The molecule has 2 aromatic heterocycles. The number of amides is 3. The van der Waals surface area contributed by atoms with Gasteiger partial charge in [0.1, 0.15) is 5.69 Å². The number of nitrogens with zero attached hydrogens (tertiary/aromatic N) is 3. The molecule has 1 fully saturated rings. The van der Waals surface area contributed by atoms with Crippen LogP contribution in [0.1, 0.15) is 50.1 Å². The Morgan fingerprint density at radius 2 is 1.90 bits per heavy atom. The molecule has 206 valence electrons. The van der Waals surface area contributed by atoms with Crippen LogP contribution < -0.4 is 16.1 Å². The second kappa shape index (κ2) is 11.1. The predicted octanol–water partition coefficient (Wildman–Crippen LogP) is 2.41. The number of aromatic amines is 1. The van der Waals surface area contributed by atoms with Crippen molar-refractivity contribution in [3.8, 4) is 0 Å². The van der Waals surface area contributed by atoms with E-state index in [4.69, 9.17) is 11.6 Å². The molecule has 0 bridgehead atoms. The third-order valence-corrected chi connectivity index (χ3v) is 8.74. The average molecular weight is 571 g/mol. The van der Waals surface area contributed by atoms with Crippen molar-refractivity contribution in [3.63, 3.8) is 0 Å². The maximum atomic E-state index is 13.3. The molecule has 5 rings (SSSR count). The van der Waals surface area contributed by atoms with E-state index in [2.05, 4.69) is 25.5 Å². The summed E-state index contributed by atoms with van der Waals surface area (Å²) in [5, 5.41) is 7.26. The van der Waals surface area contributed by atoms with Crippen LogP contribution in [0, 0.1) is 5.92 Å². The van der Waals surface area contributed by atoms with Crippen molar-refractivity contribution in [1.29, 1.82) is 0 Å². The minimum Gasteiger partial charge on any atom is -0.350 e. The van der Waals surface area contributed by atoms with E-state index in [0.717, 1.165) is 30.1 Å². The number of thiazole rings is 1. The summed E-state index contributed by atoms with van der Waals surface area (Å²) in [7, 11) is 5.46. The van der Waals surface area contributed by atoms with Gasteiger partial charge in [-0.25, -0.2) is 4.98 Å². The first kappa shape index (κ1) is 27.3. The summed E-state index contributed by atoms with van der Waals surface area (Å²) in [6.07, 6.45) is 2.24. The number of fused-ring (bicyclic) bond motifs is 2. The average Bonchev–Trinajstić information content (AvgIpc) is 3.33.